The Balaban J connectivity index is 1.80. The number of aryl methyl sites for hydroxylation is 1. The molecule has 0 spiro atoms. The molecule has 1 aromatic carbocycles. The molecule has 6 heteroatoms. The Kier molecular flexibility index (Phi) is 7.12. The Hall–Kier alpha value is -2.68. The topological polar surface area (TPSA) is 96.3 Å². The van der Waals surface area contributed by atoms with Gasteiger partial charge in [-0.3, -0.25) is 14.4 Å². The van der Waals surface area contributed by atoms with Crippen LogP contribution in [0.3, 0.4) is 0 Å². The number of carbonyl (C=O) groups excluding carboxylic acids is 3. The molecule has 1 N–H and O–H groups in total. The molecule has 1 unspecified atom stereocenters. The van der Waals surface area contributed by atoms with E-state index in [9.17, 15) is 19.6 Å². The smallest absolute Gasteiger partial charge is 0.307 e. The van der Waals surface area contributed by atoms with Gasteiger partial charge < -0.3 is 10.1 Å². The summed E-state index contributed by atoms with van der Waals surface area (Å²) in [6.07, 6.45) is 3.00. The van der Waals surface area contributed by atoms with Crippen LogP contribution in [0.15, 0.2) is 24.3 Å². The Bertz CT molecular complexity index is 728. The van der Waals surface area contributed by atoms with E-state index in [1.54, 1.807) is 12.1 Å². The van der Waals surface area contributed by atoms with Crippen molar-refractivity contribution in [2.24, 2.45) is 0 Å². The molecule has 27 heavy (non-hydrogen) atoms. The molecule has 1 aliphatic rings. The van der Waals surface area contributed by atoms with Gasteiger partial charge in [-0.1, -0.05) is 49.1 Å². The summed E-state index contributed by atoms with van der Waals surface area (Å²) in [5, 5.41) is 12.2. The fourth-order valence-electron chi connectivity index (χ4n) is 3.17. The van der Waals surface area contributed by atoms with E-state index in [0.29, 0.717) is 18.4 Å². The lowest BCUT2D eigenvalue weighted by molar-refractivity contribution is -0.155. The second-order valence-corrected chi connectivity index (χ2v) is 7.17. The molecular formula is C21H26N2O4. The number of benzene rings is 1. The summed E-state index contributed by atoms with van der Waals surface area (Å²) in [5.41, 5.74) is 0.739. The normalized spacial score (nSPS) is 16.6. The number of rotatable bonds is 7. The second-order valence-electron chi connectivity index (χ2n) is 7.17. The second kappa shape index (κ2) is 9.31. The lowest BCUT2D eigenvalue weighted by atomic mass is 9.83. The SMILES string of the molecule is Cc1ccc(C(=O)CCC(=O)OC(C)C(=O)NC2(C#N)CCCCC2)cc1. The van der Waals surface area contributed by atoms with Crippen LogP contribution in [-0.4, -0.2) is 29.3 Å². The third kappa shape index (κ3) is 5.92. The third-order valence-corrected chi connectivity index (χ3v) is 4.89. The van der Waals surface area contributed by atoms with Gasteiger partial charge in [-0.15, -0.1) is 0 Å². The van der Waals surface area contributed by atoms with Crippen LogP contribution < -0.4 is 5.32 Å². The quantitative estimate of drug-likeness (QED) is 0.587. The van der Waals surface area contributed by atoms with Crippen LogP contribution in [0, 0.1) is 18.3 Å². The van der Waals surface area contributed by atoms with Gasteiger partial charge in [-0.2, -0.15) is 5.26 Å². The number of hydrogen-bond acceptors (Lipinski definition) is 5. The first-order valence-electron chi connectivity index (χ1n) is 9.38. The molecule has 0 radical (unpaired) electrons. The minimum Gasteiger partial charge on any atom is -0.453 e. The van der Waals surface area contributed by atoms with Crippen LogP contribution in [0.1, 0.15) is 67.8 Å². The lowest BCUT2D eigenvalue weighted by Gasteiger charge is -2.32. The van der Waals surface area contributed by atoms with E-state index in [-0.39, 0.29) is 18.6 Å². The third-order valence-electron chi connectivity index (χ3n) is 4.89. The molecule has 6 nitrogen and oxygen atoms in total. The summed E-state index contributed by atoms with van der Waals surface area (Å²) >= 11 is 0. The van der Waals surface area contributed by atoms with Crippen molar-refractivity contribution in [3.05, 3.63) is 35.4 Å². The molecule has 1 fully saturated rings. The maximum absolute atomic E-state index is 12.3. The predicted octanol–water partition coefficient (Wildman–Crippen LogP) is 3.23. The largest absolute Gasteiger partial charge is 0.453 e. The van der Waals surface area contributed by atoms with Crippen LogP contribution >= 0.6 is 0 Å². The standard InChI is InChI=1S/C21H26N2O4/c1-15-6-8-17(9-7-15)18(24)10-11-19(25)27-16(2)20(26)23-21(14-22)12-4-3-5-13-21/h6-9,16H,3-5,10-13H2,1-2H3,(H,23,26). The Morgan fingerprint density at radius 3 is 2.37 bits per heavy atom. The van der Waals surface area contributed by atoms with Gasteiger partial charge >= 0.3 is 5.97 Å². The summed E-state index contributed by atoms with van der Waals surface area (Å²) in [4.78, 5) is 36.4. The van der Waals surface area contributed by atoms with Gasteiger partial charge in [0.2, 0.25) is 0 Å². The van der Waals surface area contributed by atoms with Crippen molar-refractivity contribution in [3.63, 3.8) is 0 Å². The number of nitrogens with one attached hydrogen (secondary N) is 1. The van der Waals surface area contributed by atoms with E-state index >= 15 is 0 Å². The zero-order valence-electron chi connectivity index (χ0n) is 15.9. The number of hydrogen-bond donors (Lipinski definition) is 1. The number of esters is 1. The van der Waals surface area contributed by atoms with Crippen molar-refractivity contribution < 1.29 is 19.1 Å². The van der Waals surface area contributed by atoms with E-state index in [4.69, 9.17) is 4.74 Å². The van der Waals surface area contributed by atoms with Crippen LogP contribution in [0.2, 0.25) is 0 Å². The Morgan fingerprint density at radius 1 is 1.15 bits per heavy atom. The lowest BCUT2D eigenvalue weighted by Crippen LogP contribution is -2.52. The number of nitriles is 1. The van der Waals surface area contributed by atoms with E-state index in [1.807, 2.05) is 19.1 Å². The van der Waals surface area contributed by atoms with E-state index < -0.39 is 23.5 Å². The van der Waals surface area contributed by atoms with Crippen molar-refractivity contribution in [2.45, 2.75) is 70.4 Å². The van der Waals surface area contributed by atoms with Crippen molar-refractivity contribution >= 4 is 17.7 Å². The summed E-state index contributed by atoms with van der Waals surface area (Å²) in [7, 11) is 0. The number of nitrogens with zero attached hydrogens (tertiary/aromatic N) is 1. The molecule has 144 valence electrons. The van der Waals surface area contributed by atoms with Crippen LogP contribution in [0.25, 0.3) is 0 Å². The molecule has 1 aromatic rings. The highest BCUT2D eigenvalue weighted by atomic mass is 16.5. The molecule has 2 rings (SSSR count). The van der Waals surface area contributed by atoms with Gasteiger partial charge in [-0.25, -0.2) is 0 Å². The van der Waals surface area contributed by atoms with Gasteiger partial charge in [0.1, 0.15) is 5.54 Å². The molecule has 0 saturated heterocycles. The highest BCUT2D eigenvalue weighted by Crippen LogP contribution is 2.27. The van der Waals surface area contributed by atoms with E-state index in [1.165, 1.54) is 6.92 Å². The summed E-state index contributed by atoms with van der Waals surface area (Å²) < 4.78 is 5.14. The minimum absolute atomic E-state index is 0.0262. The molecular weight excluding hydrogens is 344 g/mol. The first kappa shape index (κ1) is 20.6. The zero-order valence-corrected chi connectivity index (χ0v) is 15.9. The average Bonchev–Trinajstić information content (AvgIpc) is 2.67. The molecule has 1 amide bonds. The van der Waals surface area contributed by atoms with Crippen LogP contribution in [0.4, 0.5) is 0 Å². The first-order valence-corrected chi connectivity index (χ1v) is 9.38. The molecule has 0 aliphatic heterocycles. The van der Waals surface area contributed by atoms with E-state index in [0.717, 1.165) is 24.8 Å². The van der Waals surface area contributed by atoms with Gasteiger partial charge in [0.05, 0.1) is 12.5 Å². The monoisotopic (exact) mass is 370 g/mol. The van der Waals surface area contributed by atoms with Gasteiger partial charge in [-0.05, 0) is 26.7 Å². The highest BCUT2D eigenvalue weighted by molar-refractivity contribution is 5.97. The van der Waals surface area contributed by atoms with Crippen molar-refractivity contribution in [1.82, 2.24) is 5.32 Å². The maximum Gasteiger partial charge on any atom is 0.307 e. The molecule has 1 saturated carbocycles. The maximum atomic E-state index is 12.3. The van der Waals surface area contributed by atoms with Crippen molar-refractivity contribution in [1.29, 1.82) is 5.26 Å². The fraction of sp³-hybridized carbons (Fsp3) is 0.524. The molecule has 0 bridgehead atoms. The molecule has 0 heterocycles. The predicted molar refractivity (Wildman–Crippen MR) is 99.9 cm³/mol. The van der Waals surface area contributed by atoms with Gasteiger partial charge in [0, 0.05) is 12.0 Å². The summed E-state index contributed by atoms with van der Waals surface area (Å²) in [5.74, 6) is -1.22. The summed E-state index contributed by atoms with van der Waals surface area (Å²) in [6.45, 7) is 3.41. The number of carbonyl (C=O) groups is 3. The van der Waals surface area contributed by atoms with E-state index in [2.05, 4.69) is 11.4 Å². The number of ketones is 1. The molecule has 0 aromatic heterocycles. The van der Waals surface area contributed by atoms with Gasteiger partial charge in [0.15, 0.2) is 11.9 Å². The first-order chi connectivity index (χ1) is 12.8. The summed E-state index contributed by atoms with van der Waals surface area (Å²) in [6, 6.07) is 9.34. The van der Waals surface area contributed by atoms with Crippen LogP contribution in [-0.2, 0) is 14.3 Å². The van der Waals surface area contributed by atoms with Crippen LogP contribution in [0.5, 0.6) is 0 Å². The fourth-order valence-corrected chi connectivity index (χ4v) is 3.17. The average molecular weight is 370 g/mol. The zero-order chi connectivity index (χ0) is 19.9. The number of ether oxygens (including phenoxy) is 1. The number of Topliss-reactive ketones (excluding diaryl/α,β-unsaturated/α-hetero) is 1. The van der Waals surface area contributed by atoms with Gasteiger partial charge in [0.25, 0.3) is 5.91 Å². The number of amides is 1. The molecule has 1 atom stereocenters. The van der Waals surface area contributed by atoms with Crippen molar-refractivity contribution in [2.75, 3.05) is 0 Å². The Labute approximate surface area is 159 Å². The minimum atomic E-state index is -1.00. The highest BCUT2D eigenvalue weighted by Gasteiger charge is 2.35. The Morgan fingerprint density at radius 2 is 1.78 bits per heavy atom. The molecule has 1 aliphatic carbocycles. The van der Waals surface area contributed by atoms with Crippen molar-refractivity contribution in [3.8, 4) is 6.07 Å².